The van der Waals surface area contributed by atoms with E-state index >= 15 is 0 Å². The molecule has 246 valence electrons. The molecule has 1 aliphatic heterocycles. The Kier molecular flexibility index (Phi) is 6.55. The van der Waals surface area contributed by atoms with E-state index in [9.17, 15) is 0 Å². The van der Waals surface area contributed by atoms with Gasteiger partial charge in [0.05, 0.1) is 39.5 Å². The summed E-state index contributed by atoms with van der Waals surface area (Å²) >= 11 is 0. The van der Waals surface area contributed by atoms with E-state index in [2.05, 4.69) is 175 Å². The maximum absolute atomic E-state index is 5.35. The number of hydrogen-bond acceptors (Lipinski definition) is 3. The van der Waals surface area contributed by atoms with Crippen molar-refractivity contribution in [3.63, 3.8) is 0 Å². The van der Waals surface area contributed by atoms with E-state index in [-0.39, 0.29) is 0 Å². The average molecular weight is 674 g/mol. The Morgan fingerprint density at radius 3 is 1.74 bits per heavy atom. The molecule has 3 nitrogen and oxygen atoms in total. The Morgan fingerprint density at radius 1 is 0.321 bits per heavy atom. The van der Waals surface area contributed by atoms with Crippen molar-refractivity contribution in [2.45, 2.75) is 0 Å². The van der Waals surface area contributed by atoms with E-state index in [0.717, 1.165) is 50.0 Å². The molecular weight excluding hydrogens is 643 g/mol. The summed E-state index contributed by atoms with van der Waals surface area (Å²) < 4.78 is 0. The molecule has 53 heavy (non-hydrogen) atoms. The van der Waals surface area contributed by atoms with Crippen molar-refractivity contribution >= 4 is 60.4 Å². The van der Waals surface area contributed by atoms with Crippen LogP contribution in [0.3, 0.4) is 0 Å². The van der Waals surface area contributed by atoms with Crippen molar-refractivity contribution in [3.8, 4) is 44.8 Å². The largest absolute Gasteiger partial charge is 0.309 e. The minimum atomic E-state index is 0.870. The van der Waals surface area contributed by atoms with Gasteiger partial charge in [-0.3, -0.25) is 0 Å². The lowest BCUT2D eigenvalue weighted by molar-refractivity contribution is 1.29. The molecule has 10 aromatic rings. The minimum absolute atomic E-state index is 0.870. The van der Waals surface area contributed by atoms with Gasteiger partial charge in [-0.25, -0.2) is 9.97 Å². The first-order valence-corrected chi connectivity index (χ1v) is 18.1. The summed E-state index contributed by atoms with van der Waals surface area (Å²) in [7, 11) is 0. The van der Waals surface area contributed by atoms with E-state index < -0.39 is 0 Å². The van der Waals surface area contributed by atoms with Gasteiger partial charge in [-0.15, -0.1) is 0 Å². The smallest absolute Gasteiger partial charge is 0.0979 e. The van der Waals surface area contributed by atoms with Gasteiger partial charge in [0, 0.05) is 27.5 Å². The van der Waals surface area contributed by atoms with Crippen LogP contribution in [0.15, 0.2) is 188 Å². The molecule has 0 saturated carbocycles. The molecule has 0 bridgehead atoms. The number of fused-ring (bicyclic) bond motifs is 6. The van der Waals surface area contributed by atoms with Gasteiger partial charge < -0.3 is 4.90 Å². The van der Waals surface area contributed by atoms with Crippen molar-refractivity contribution in [1.29, 1.82) is 0 Å². The SMILES string of the molecule is c1ccc(-c2ccc(-c3nc4ccccc4nc3-c3ccc(N4c5ccc6ccccc6c5-c5cccc6cccc4c56)c4ccccc34)cc2)cc1. The van der Waals surface area contributed by atoms with Crippen LogP contribution in [0.25, 0.3) is 88.1 Å². The van der Waals surface area contributed by atoms with Gasteiger partial charge >= 0.3 is 0 Å². The predicted octanol–water partition coefficient (Wildman–Crippen LogP) is 13.5. The molecule has 0 radical (unpaired) electrons. The first-order chi connectivity index (χ1) is 26.3. The van der Waals surface area contributed by atoms with Crippen LogP contribution >= 0.6 is 0 Å². The Balaban J connectivity index is 1.15. The third-order valence-electron chi connectivity index (χ3n) is 10.8. The first kappa shape index (κ1) is 29.6. The fourth-order valence-electron chi connectivity index (χ4n) is 8.36. The monoisotopic (exact) mass is 673 g/mol. The molecule has 0 amide bonds. The molecule has 2 heterocycles. The number of benzene rings is 9. The lowest BCUT2D eigenvalue weighted by Crippen LogP contribution is -2.15. The number of nitrogens with zero attached hydrogens (tertiary/aromatic N) is 3. The molecule has 9 aromatic carbocycles. The van der Waals surface area contributed by atoms with Gasteiger partial charge in [-0.05, 0) is 74.6 Å². The second-order valence-electron chi connectivity index (χ2n) is 13.7. The minimum Gasteiger partial charge on any atom is -0.309 e. The third-order valence-corrected chi connectivity index (χ3v) is 10.8. The number of aromatic nitrogens is 2. The molecule has 0 unspecified atom stereocenters. The van der Waals surface area contributed by atoms with Crippen molar-refractivity contribution in [2.24, 2.45) is 0 Å². The van der Waals surface area contributed by atoms with Gasteiger partial charge in [-0.1, -0.05) is 152 Å². The van der Waals surface area contributed by atoms with Crippen LogP contribution in [0.1, 0.15) is 0 Å². The zero-order chi connectivity index (χ0) is 34.9. The van der Waals surface area contributed by atoms with Gasteiger partial charge in [0.1, 0.15) is 0 Å². The Morgan fingerprint density at radius 2 is 0.925 bits per heavy atom. The fourth-order valence-corrected chi connectivity index (χ4v) is 8.36. The van der Waals surface area contributed by atoms with Gasteiger partial charge in [0.15, 0.2) is 0 Å². The van der Waals surface area contributed by atoms with E-state index in [0.29, 0.717) is 0 Å². The van der Waals surface area contributed by atoms with Gasteiger partial charge in [-0.2, -0.15) is 0 Å². The number of hydrogen-bond donors (Lipinski definition) is 0. The lowest BCUT2D eigenvalue weighted by Gasteiger charge is -2.35. The highest BCUT2D eigenvalue weighted by Gasteiger charge is 2.29. The maximum atomic E-state index is 5.35. The molecule has 11 rings (SSSR count). The quantitative estimate of drug-likeness (QED) is 0.186. The zero-order valence-corrected chi connectivity index (χ0v) is 28.7. The molecule has 0 saturated heterocycles. The standard InChI is InChI=1S/C50H31N3/c1-2-12-32(13-3-1)33-24-26-36(27-25-33)49-50(52-43-22-9-8-21-42(43)51-49)40-29-31-44(39-19-7-6-18-38(39)40)53-45-23-11-16-35-15-10-20-41(47(35)45)48-37-17-5-4-14-34(37)28-30-46(48)53/h1-31H. The summed E-state index contributed by atoms with van der Waals surface area (Å²) in [4.78, 5) is 13.1. The highest BCUT2D eigenvalue weighted by molar-refractivity contribution is 6.21. The van der Waals surface area contributed by atoms with Crippen LogP contribution in [0.2, 0.25) is 0 Å². The topological polar surface area (TPSA) is 29.0 Å². The molecule has 0 aliphatic carbocycles. The Bertz CT molecular complexity index is 3050. The molecule has 1 aliphatic rings. The number of rotatable bonds is 4. The highest BCUT2D eigenvalue weighted by atomic mass is 15.2. The zero-order valence-electron chi connectivity index (χ0n) is 28.7. The number of anilines is 3. The summed E-state index contributed by atoms with van der Waals surface area (Å²) in [6.45, 7) is 0. The van der Waals surface area contributed by atoms with Crippen molar-refractivity contribution in [3.05, 3.63) is 188 Å². The Hall–Kier alpha value is -7.10. The molecule has 0 N–H and O–H groups in total. The summed E-state index contributed by atoms with van der Waals surface area (Å²) in [5, 5.41) is 7.28. The van der Waals surface area contributed by atoms with E-state index in [1.165, 1.54) is 55.2 Å². The van der Waals surface area contributed by atoms with Crippen LogP contribution < -0.4 is 4.90 Å². The van der Waals surface area contributed by atoms with Crippen LogP contribution in [0.4, 0.5) is 17.1 Å². The molecule has 0 spiro atoms. The summed E-state index contributed by atoms with van der Waals surface area (Å²) in [6, 6.07) is 67.3. The van der Waals surface area contributed by atoms with Gasteiger partial charge in [0.2, 0.25) is 0 Å². The Labute approximate surface area is 307 Å². The first-order valence-electron chi connectivity index (χ1n) is 18.1. The molecule has 0 fully saturated rings. The van der Waals surface area contributed by atoms with Crippen LogP contribution in [0, 0.1) is 0 Å². The van der Waals surface area contributed by atoms with E-state index in [1.54, 1.807) is 0 Å². The van der Waals surface area contributed by atoms with Gasteiger partial charge in [0.25, 0.3) is 0 Å². The van der Waals surface area contributed by atoms with Crippen LogP contribution in [0.5, 0.6) is 0 Å². The summed E-state index contributed by atoms with van der Waals surface area (Å²) in [6.07, 6.45) is 0. The van der Waals surface area contributed by atoms with E-state index in [1.807, 2.05) is 18.2 Å². The molecular formula is C50H31N3. The van der Waals surface area contributed by atoms with Crippen molar-refractivity contribution in [1.82, 2.24) is 9.97 Å². The second kappa shape index (κ2) is 11.7. The fraction of sp³-hybridized carbons (Fsp3) is 0. The van der Waals surface area contributed by atoms with Crippen LogP contribution in [-0.4, -0.2) is 9.97 Å². The maximum Gasteiger partial charge on any atom is 0.0979 e. The highest BCUT2D eigenvalue weighted by Crippen LogP contribution is 2.54. The normalized spacial score (nSPS) is 12.1. The molecule has 3 heteroatoms. The molecule has 1 aromatic heterocycles. The summed E-state index contributed by atoms with van der Waals surface area (Å²) in [5.41, 5.74) is 14.0. The summed E-state index contributed by atoms with van der Waals surface area (Å²) in [5.74, 6) is 0. The van der Waals surface area contributed by atoms with Crippen LogP contribution in [-0.2, 0) is 0 Å². The van der Waals surface area contributed by atoms with Crippen molar-refractivity contribution in [2.75, 3.05) is 4.90 Å². The number of para-hydroxylation sites is 2. The average Bonchev–Trinajstić information content (AvgIpc) is 3.23. The lowest BCUT2D eigenvalue weighted by atomic mass is 9.87. The predicted molar refractivity (Wildman–Crippen MR) is 222 cm³/mol. The van der Waals surface area contributed by atoms with E-state index in [4.69, 9.17) is 9.97 Å². The third kappa shape index (κ3) is 4.61. The molecule has 0 atom stereocenters. The van der Waals surface area contributed by atoms with Crippen molar-refractivity contribution < 1.29 is 0 Å². The second-order valence-corrected chi connectivity index (χ2v) is 13.7.